The molecule has 0 spiro atoms. The van der Waals surface area contributed by atoms with E-state index in [0.29, 0.717) is 12.2 Å². The summed E-state index contributed by atoms with van der Waals surface area (Å²) < 4.78 is 37.1. The number of alkyl halides is 3. The molecular weight excluding hydrogens is 233 g/mol. The number of nitrogens with one attached hydrogen (secondary N) is 2. The van der Waals surface area contributed by atoms with Gasteiger partial charge in [0.05, 0.1) is 5.56 Å². The van der Waals surface area contributed by atoms with Gasteiger partial charge in [-0.25, -0.2) is 0 Å². The molecule has 2 N–H and O–H groups in total. The van der Waals surface area contributed by atoms with Crippen LogP contribution in [-0.4, -0.2) is 19.5 Å². The molecule has 0 heterocycles. The van der Waals surface area contributed by atoms with E-state index in [1.165, 1.54) is 19.2 Å². The lowest BCUT2D eigenvalue weighted by Gasteiger charge is -2.10. The van der Waals surface area contributed by atoms with Gasteiger partial charge < -0.3 is 10.6 Å². The Bertz CT molecular complexity index is 391. The molecule has 0 saturated heterocycles. The normalized spacial score (nSPS) is 11.1. The number of hydrogen-bond donors (Lipinski definition) is 2. The fourth-order valence-electron chi connectivity index (χ4n) is 1.25. The van der Waals surface area contributed by atoms with Crippen molar-refractivity contribution in [3.63, 3.8) is 0 Å². The van der Waals surface area contributed by atoms with Crippen LogP contribution in [0.5, 0.6) is 0 Å². The van der Waals surface area contributed by atoms with E-state index in [-0.39, 0.29) is 12.3 Å². The molecule has 1 rings (SSSR count). The van der Waals surface area contributed by atoms with Crippen molar-refractivity contribution in [2.75, 3.05) is 18.9 Å². The molecule has 0 atom stereocenters. The topological polar surface area (TPSA) is 41.1 Å². The molecule has 0 aromatic heterocycles. The van der Waals surface area contributed by atoms with E-state index >= 15 is 0 Å². The average molecular weight is 246 g/mol. The van der Waals surface area contributed by atoms with Gasteiger partial charge in [-0.2, -0.15) is 13.2 Å². The van der Waals surface area contributed by atoms with Gasteiger partial charge in [0.1, 0.15) is 0 Å². The first-order chi connectivity index (χ1) is 7.93. The third-order valence-corrected chi connectivity index (χ3v) is 2.15. The van der Waals surface area contributed by atoms with Crippen LogP contribution in [0.3, 0.4) is 0 Å². The minimum absolute atomic E-state index is 0.163. The Morgan fingerprint density at radius 3 is 2.65 bits per heavy atom. The third-order valence-electron chi connectivity index (χ3n) is 2.15. The third kappa shape index (κ3) is 4.34. The van der Waals surface area contributed by atoms with Crippen LogP contribution in [0.1, 0.15) is 12.0 Å². The van der Waals surface area contributed by atoms with Gasteiger partial charge in [-0.05, 0) is 18.2 Å². The van der Waals surface area contributed by atoms with E-state index in [2.05, 4.69) is 10.6 Å². The zero-order chi connectivity index (χ0) is 12.9. The van der Waals surface area contributed by atoms with Crippen LogP contribution in [-0.2, 0) is 11.0 Å². The SMILES string of the molecule is CNC(=O)CCNc1cccc(C(F)(F)F)c1. The van der Waals surface area contributed by atoms with Gasteiger partial charge in [-0.3, -0.25) is 4.79 Å². The summed E-state index contributed by atoms with van der Waals surface area (Å²) in [5, 5.41) is 5.19. The van der Waals surface area contributed by atoms with E-state index < -0.39 is 11.7 Å². The van der Waals surface area contributed by atoms with Gasteiger partial charge in [-0.15, -0.1) is 0 Å². The van der Waals surface area contributed by atoms with Gasteiger partial charge in [0.2, 0.25) is 5.91 Å². The summed E-state index contributed by atoms with van der Waals surface area (Å²) in [6.07, 6.45) is -4.13. The minimum atomic E-state index is -4.35. The highest BCUT2D eigenvalue weighted by Crippen LogP contribution is 2.30. The van der Waals surface area contributed by atoms with Crippen molar-refractivity contribution in [2.24, 2.45) is 0 Å². The first-order valence-corrected chi connectivity index (χ1v) is 5.05. The fourth-order valence-corrected chi connectivity index (χ4v) is 1.25. The Hall–Kier alpha value is -1.72. The second-order valence-corrected chi connectivity index (χ2v) is 3.43. The molecule has 6 heteroatoms. The van der Waals surface area contributed by atoms with Crippen LogP contribution in [0.25, 0.3) is 0 Å². The zero-order valence-corrected chi connectivity index (χ0v) is 9.27. The van der Waals surface area contributed by atoms with Gasteiger partial charge in [0.15, 0.2) is 0 Å². The molecular formula is C11H13F3N2O. The smallest absolute Gasteiger partial charge is 0.385 e. The summed E-state index contributed by atoms with van der Waals surface area (Å²) >= 11 is 0. The Morgan fingerprint density at radius 1 is 1.35 bits per heavy atom. The minimum Gasteiger partial charge on any atom is -0.385 e. The molecule has 0 aliphatic rings. The van der Waals surface area contributed by atoms with E-state index in [1.54, 1.807) is 0 Å². The van der Waals surface area contributed by atoms with Crippen molar-refractivity contribution >= 4 is 11.6 Å². The van der Waals surface area contributed by atoms with Crippen LogP contribution < -0.4 is 10.6 Å². The van der Waals surface area contributed by atoms with Crippen LogP contribution >= 0.6 is 0 Å². The van der Waals surface area contributed by atoms with E-state index in [9.17, 15) is 18.0 Å². The second kappa shape index (κ2) is 5.56. The van der Waals surface area contributed by atoms with Crippen molar-refractivity contribution in [1.82, 2.24) is 5.32 Å². The van der Waals surface area contributed by atoms with Crippen LogP contribution in [0.4, 0.5) is 18.9 Å². The molecule has 17 heavy (non-hydrogen) atoms. The van der Waals surface area contributed by atoms with Gasteiger partial charge in [0, 0.05) is 25.7 Å². The summed E-state index contributed by atoms with van der Waals surface area (Å²) in [5.41, 5.74) is -0.355. The molecule has 0 aliphatic heterocycles. The molecule has 0 fully saturated rings. The molecule has 94 valence electrons. The van der Waals surface area contributed by atoms with Crippen molar-refractivity contribution in [3.05, 3.63) is 29.8 Å². The maximum Gasteiger partial charge on any atom is 0.416 e. The largest absolute Gasteiger partial charge is 0.416 e. The van der Waals surface area contributed by atoms with Crippen molar-refractivity contribution in [1.29, 1.82) is 0 Å². The molecule has 0 aliphatic carbocycles. The summed E-state index contributed by atoms with van der Waals surface area (Å²) in [6.45, 7) is 0.293. The Balaban J connectivity index is 2.58. The van der Waals surface area contributed by atoms with Crippen molar-refractivity contribution in [3.8, 4) is 0 Å². The van der Waals surface area contributed by atoms with Gasteiger partial charge in [0.25, 0.3) is 0 Å². The predicted octanol–water partition coefficient (Wildman–Crippen LogP) is 2.25. The molecule has 3 nitrogen and oxygen atoms in total. The number of amides is 1. The summed E-state index contributed by atoms with van der Waals surface area (Å²) in [4.78, 5) is 10.9. The highest BCUT2D eigenvalue weighted by atomic mass is 19.4. The zero-order valence-electron chi connectivity index (χ0n) is 9.27. The number of anilines is 1. The number of carbonyl (C=O) groups excluding carboxylic acids is 1. The quantitative estimate of drug-likeness (QED) is 0.855. The molecule has 1 amide bonds. The standard InChI is InChI=1S/C11H13F3N2O/c1-15-10(17)5-6-16-9-4-2-3-8(7-9)11(12,13)14/h2-4,7,16H,5-6H2,1H3,(H,15,17). The Labute approximate surface area is 97.0 Å². The average Bonchev–Trinajstić information content (AvgIpc) is 2.28. The van der Waals surface area contributed by atoms with Crippen molar-refractivity contribution in [2.45, 2.75) is 12.6 Å². The first-order valence-electron chi connectivity index (χ1n) is 5.05. The Morgan fingerprint density at radius 2 is 2.06 bits per heavy atom. The number of halogens is 3. The lowest BCUT2D eigenvalue weighted by atomic mass is 10.2. The maximum absolute atomic E-state index is 12.4. The Kier molecular flexibility index (Phi) is 4.37. The highest BCUT2D eigenvalue weighted by molar-refractivity contribution is 5.76. The summed E-state index contributed by atoms with van der Waals surface area (Å²) in [5.74, 6) is -0.163. The molecule has 1 aromatic rings. The number of carbonyl (C=O) groups is 1. The van der Waals surface area contributed by atoms with Gasteiger partial charge >= 0.3 is 6.18 Å². The van der Waals surface area contributed by atoms with Gasteiger partial charge in [-0.1, -0.05) is 6.07 Å². The number of hydrogen-bond acceptors (Lipinski definition) is 2. The van der Waals surface area contributed by atoms with Crippen molar-refractivity contribution < 1.29 is 18.0 Å². The summed E-state index contributed by atoms with van der Waals surface area (Å²) in [7, 11) is 1.51. The highest BCUT2D eigenvalue weighted by Gasteiger charge is 2.30. The maximum atomic E-state index is 12.4. The second-order valence-electron chi connectivity index (χ2n) is 3.43. The lowest BCUT2D eigenvalue weighted by Crippen LogP contribution is -2.20. The molecule has 0 bridgehead atoms. The lowest BCUT2D eigenvalue weighted by molar-refractivity contribution is -0.137. The van der Waals surface area contributed by atoms with Crippen LogP contribution in [0.15, 0.2) is 24.3 Å². The van der Waals surface area contributed by atoms with Crippen LogP contribution in [0, 0.1) is 0 Å². The number of rotatable bonds is 4. The van der Waals surface area contributed by atoms with E-state index in [0.717, 1.165) is 12.1 Å². The fraction of sp³-hybridized carbons (Fsp3) is 0.364. The monoisotopic (exact) mass is 246 g/mol. The molecule has 0 saturated carbocycles. The van der Waals surface area contributed by atoms with Crippen LogP contribution in [0.2, 0.25) is 0 Å². The number of benzene rings is 1. The first kappa shape index (κ1) is 13.3. The molecule has 0 radical (unpaired) electrons. The molecule has 0 unspecified atom stereocenters. The van der Waals surface area contributed by atoms with E-state index in [4.69, 9.17) is 0 Å². The summed E-state index contributed by atoms with van der Waals surface area (Å²) in [6, 6.07) is 4.87. The molecule has 1 aromatic carbocycles. The predicted molar refractivity (Wildman–Crippen MR) is 58.6 cm³/mol. The van der Waals surface area contributed by atoms with E-state index in [1.807, 2.05) is 0 Å².